The summed E-state index contributed by atoms with van der Waals surface area (Å²) in [5, 5.41) is 0. The molecule has 8 heteroatoms. The van der Waals surface area contributed by atoms with Crippen molar-refractivity contribution in [3.05, 3.63) is 77.0 Å². The summed E-state index contributed by atoms with van der Waals surface area (Å²) in [5.41, 5.74) is 2.67. The predicted molar refractivity (Wildman–Crippen MR) is 136 cm³/mol. The van der Waals surface area contributed by atoms with Crippen LogP contribution >= 0.6 is 0 Å². The Morgan fingerprint density at radius 1 is 0.944 bits per heavy atom. The van der Waals surface area contributed by atoms with Crippen LogP contribution in [-0.4, -0.2) is 58.4 Å². The molecular formula is C28H31NO7. The first kappa shape index (κ1) is 26.4. The Labute approximate surface area is 211 Å². The van der Waals surface area contributed by atoms with Crippen LogP contribution in [0.1, 0.15) is 18.1 Å². The maximum atomic E-state index is 13.5. The van der Waals surface area contributed by atoms with Gasteiger partial charge in [-0.05, 0) is 54.8 Å². The number of carbonyl (C=O) groups excluding carboxylic acids is 2. The quantitative estimate of drug-likeness (QED) is 0.264. The van der Waals surface area contributed by atoms with Crippen LogP contribution in [-0.2, 0) is 20.7 Å². The molecule has 2 aromatic carbocycles. The fourth-order valence-corrected chi connectivity index (χ4v) is 3.98. The lowest BCUT2D eigenvalue weighted by molar-refractivity contribution is -0.136. The third kappa shape index (κ3) is 5.54. The summed E-state index contributed by atoms with van der Waals surface area (Å²) in [7, 11) is 5.99. The molecule has 8 nitrogen and oxygen atoms in total. The summed E-state index contributed by atoms with van der Waals surface area (Å²) in [5.74, 6) is 1.44. The Hall–Kier alpha value is -4.20. The Morgan fingerprint density at radius 3 is 2.25 bits per heavy atom. The van der Waals surface area contributed by atoms with E-state index >= 15 is 0 Å². The fourth-order valence-electron chi connectivity index (χ4n) is 3.98. The van der Waals surface area contributed by atoms with Gasteiger partial charge in [0.05, 0.1) is 39.6 Å². The number of carbonyl (C=O) groups is 2. The minimum absolute atomic E-state index is 0.237. The zero-order valence-electron chi connectivity index (χ0n) is 21.3. The molecule has 0 radical (unpaired) electrons. The van der Waals surface area contributed by atoms with Crippen molar-refractivity contribution in [3.63, 3.8) is 0 Å². The lowest BCUT2D eigenvalue weighted by atomic mass is 10.0. The third-order valence-electron chi connectivity index (χ3n) is 5.83. The molecule has 1 amide bonds. The van der Waals surface area contributed by atoms with Gasteiger partial charge in [0.1, 0.15) is 6.61 Å². The summed E-state index contributed by atoms with van der Waals surface area (Å²) in [6.07, 6.45) is 3.85. The molecule has 2 aromatic rings. The highest BCUT2D eigenvalue weighted by Crippen LogP contribution is 2.34. The lowest BCUT2D eigenvalue weighted by Gasteiger charge is -2.18. The van der Waals surface area contributed by atoms with Gasteiger partial charge >= 0.3 is 5.97 Å². The first-order valence-electron chi connectivity index (χ1n) is 11.3. The molecule has 0 saturated carbocycles. The summed E-state index contributed by atoms with van der Waals surface area (Å²) < 4.78 is 26.7. The molecule has 0 atom stereocenters. The molecule has 0 spiro atoms. The van der Waals surface area contributed by atoms with Crippen molar-refractivity contribution in [1.29, 1.82) is 0 Å². The van der Waals surface area contributed by atoms with E-state index < -0.39 is 5.97 Å². The number of nitrogens with zero attached hydrogens (tertiary/aromatic N) is 1. The van der Waals surface area contributed by atoms with E-state index in [4.69, 9.17) is 23.7 Å². The first-order chi connectivity index (χ1) is 17.4. The molecule has 1 heterocycles. The maximum absolute atomic E-state index is 13.5. The molecule has 190 valence electrons. The van der Waals surface area contributed by atoms with Gasteiger partial charge < -0.3 is 28.6 Å². The Bertz CT molecular complexity index is 1210. The Kier molecular flexibility index (Phi) is 8.78. The van der Waals surface area contributed by atoms with Gasteiger partial charge in [-0.1, -0.05) is 24.8 Å². The van der Waals surface area contributed by atoms with Crippen molar-refractivity contribution < 1.29 is 33.3 Å². The average Bonchev–Trinajstić information content (AvgIpc) is 3.13. The monoisotopic (exact) mass is 493 g/mol. The van der Waals surface area contributed by atoms with Crippen LogP contribution in [0.2, 0.25) is 0 Å². The van der Waals surface area contributed by atoms with E-state index in [0.717, 1.165) is 5.56 Å². The topological polar surface area (TPSA) is 83.5 Å². The minimum Gasteiger partial charge on any atom is -0.493 e. The molecule has 0 saturated heterocycles. The standard InChI is InChI=1S/C28H31NO7/c1-7-14-36-23-11-9-20(17-25(23)34-5)15-21-26(28(31)35-6)18(2)29(27(21)30)13-12-19-8-10-22(32-3)24(16-19)33-4/h7-11,15-17H,1,12-14H2,2-6H3/b21-15-. The van der Waals surface area contributed by atoms with Crippen molar-refractivity contribution in [2.24, 2.45) is 0 Å². The maximum Gasteiger partial charge on any atom is 0.340 e. The SMILES string of the molecule is C=CCOc1ccc(/C=C2\C(=O)N(CCc3ccc(OC)c(OC)c3)C(C)=C2C(=O)OC)cc1OC. The lowest BCUT2D eigenvalue weighted by Crippen LogP contribution is -2.27. The molecule has 0 unspecified atom stereocenters. The highest BCUT2D eigenvalue weighted by molar-refractivity contribution is 6.16. The van der Waals surface area contributed by atoms with Gasteiger partial charge in [0, 0.05) is 12.2 Å². The number of esters is 1. The Balaban J connectivity index is 1.91. The van der Waals surface area contributed by atoms with Crippen LogP contribution in [0.3, 0.4) is 0 Å². The van der Waals surface area contributed by atoms with E-state index in [1.807, 2.05) is 18.2 Å². The van der Waals surface area contributed by atoms with E-state index in [1.165, 1.54) is 14.2 Å². The largest absolute Gasteiger partial charge is 0.493 e. The number of amides is 1. The average molecular weight is 494 g/mol. The van der Waals surface area contributed by atoms with Gasteiger partial charge in [-0.2, -0.15) is 0 Å². The van der Waals surface area contributed by atoms with E-state index in [9.17, 15) is 9.59 Å². The Morgan fingerprint density at radius 2 is 1.61 bits per heavy atom. The van der Waals surface area contributed by atoms with Crippen molar-refractivity contribution in [3.8, 4) is 23.0 Å². The smallest absolute Gasteiger partial charge is 0.340 e. The van der Waals surface area contributed by atoms with Gasteiger partial charge in [-0.15, -0.1) is 0 Å². The number of benzene rings is 2. The summed E-state index contributed by atoms with van der Waals surface area (Å²) in [4.78, 5) is 27.7. The van der Waals surface area contributed by atoms with Crippen molar-refractivity contribution in [2.45, 2.75) is 13.3 Å². The van der Waals surface area contributed by atoms with Crippen LogP contribution < -0.4 is 18.9 Å². The zero-order valence-corrected chi connectivity index (χ0v) is 21.3. The van der Waals surface area contributed by atoms with Gasteiger partial charge in [-0.25, -0.2) is 4.79 Å². The van der Waals surface area contributed by atoms with Crippen LogP contribution in [0.4, 0.5) is 0 Å². The molecule has 3 rings (SSSR count). The number of allylic oxidation sites excluding steroid dienone is 1. The van der Waals surface area contributed by atoms with E-state index in [0.29, 0.717) is 53.8 Å². The normalized spacial score (nSPS) is 14.2. The highest BCUT2D eigenvalue weighted by atomic mass is 16.5. The van der Waals surface area contributed by atoms with Crippen molar-refractivity contribution >= 4 is 18.0 Å². The number of methoxy groups -OCH3 is 4. The number of rotatable bonds is 11. The first-order valence-corrected chi connectivity index (χ1v) is 11.3. The van der Waals surface area contributed by atoms with Crippen LogP contribution in [0.15, 0.2) is 65.9 Å². The van der Waals surface area contributed by atoms with Gasteiger partial charge in [0.25, 0.3) is 5.91 Å². The molecule has 1 aliphatic heterocycles. The van der Waals surface area contributed by atoms with Crippen LogP contribution in [0.25, 0.3) is 6.08 Å². The summed E-state index contributed by atoms with van der Waals surface area (Å²) in [6, 6.07) is 10.9. The second-order valence-corrected chi connectivity index (χ2v) is 7.92. The summed E-state index contributed by atoms with van der Waals surface area (Å²) in [6.45, 7) is 6.09. The molecule has 0 bridgehead atoms. The van der Waals surface area contributed by atoms with Gasteiger partial charge in [0.2, 0.25) is 0 Å². The molecule has 36 heavy (non-hydrogen) atoms. The van der Waals surface area contributed by atoms with Crippen LogP contribution in [0.5, 0.6) is 23.0 Å². The highest BCUT2D eigenvalue weighted by Gasteiger charge is 2.36. The van der Waals surface area contributed by atoms with Gasteiger partial charge in [-0.3, -0.25) is 4.79 Å². The summed E-state index contributed by atoms with van der Waals surface area (Å²) >= 11 is 0. The van der Waals surface area contributed by atoms with E-state index in [-0.39, 0.29) is 17.1 Å². The minimum atomic E-state index is -0.571. The van der Waals surface area contributed by atoms with Crippen molar-refractivity contribution in [1.82, 2.24) is 4.90 Å². The molecule has 0 fully saturated rings. The van der Waals surface area contributed by atoms with Gasteiger partial charge in [0.15, 0.2) is 23.0 Å². The fraction of sp³-hybridized carbons (Fsp3) is 0.286. The van der Waals surface area contributed by atoms with E-state index in [2.05, 4.69) is 6.58 Å². The third-order valence-corrected chi connectivity index (χ3v) is 5.83. The second kappa shape index (κ2) is 12.0. The van der Waals surface area contributed by atoms with E-state index in [1.54, 1.807) is 56.4 Å². The number of hydrogen-bond donors (Lipinski definition) is 0. The van der Waals surface area contributed by atoms with Crippen LogP contribution in [0, 0.1) is 0 Å². The molecule has 0 N–H and O–H groups in total. The molecule has 0 aromatic heterocycles. The molecule has 1 aliphatic rings. The zero-order chi connectivity index (χ0) is 26.2. The van der Waals surface area contributed by atoms with Crippen molar-refractivity contribution in [2.75, 3.05) is 41.6 Å². The molecular weight excluding hydrogens is 462 g/mol. The number of ether oxygens (including phenoxy) is 5. The molecule has 0 aliphatic carbocycles. The second-order valence-electron chi connectivity index (χ2n) is 7.92. The number of hydrogen-bond acceptors (Lipinski definition) is 7. The predicted octanol–water partition coefficient (Wildman–Crippen LogP) is 4.19.